The average Bonchev–Trinajstić information content (AvgIpc) is 2.48. The van der Waals surface area contributed by atoms with E-state index in [-0.39, 0.29) is 0 Å². The molecular formula is C16H25N3. The van der Waals surface area contributed by atoms with E-state index in [0.717, 1.165) is 18.5 Å². The number of hydrogen-bond donors (Lipinski definition) is 1. The van der Waals surface area contributed by atoms with Crippen molar-refractivity contribution in [3.63, 3.8) is 0 Å². The molecule has 1 saturated carbocycles. The van der Waals surface area contributed by atoms with Crippen molar-refractivity contribution in [3.8, 4) is 0 Å². The number of rotatable bonds is 3. The van der Waals surface area contributed by atoms with E-state index >= 15 is 0 Å². The highest BCUT2D eigenvalue weighted by Crippen LogP contribution is 2.35. The second-order valence-electron chi connectivity index (χ2n) is 6.01. The van der Waals surface area contributed by atoms with Crippen LogP contribution in [-0.2, 0) is 6.54 Å². The lowest BCUT2D eigenvalue weighted by atomic mass is 9.78. The van der Waals surface area contributed by atoms with Gasteiger partial charge in [-0.05, 0) is 50.3 Å². The van der Waals surface area contributed by atoms with Crippen molar-refractivity contribution in [3.05, 3.63) is 24.0 Å². The largest absolute Gasteiger partial charge is 0.388 e. The Morgan fingerprint density at radius 3 is 3.00 bits per heavy atom. The van der Waals surface area contributed by atoms with E-state index in [4.69, 9.17) is 0 Å². The summed E-state index contributed by atoms with van der Waals surface area (Å²) < 4.78 is 0. The molecule has 1 aliphatic carbocycles. The van der Waals surface area contributed by atoms with Crippen molar-refractivity contribution in [2.45, 2.75) is 51.1 Å². The fourth-order valence-corrected chi connectivity index (χ4v) is 3.85. The lowest BCUT2D eigenvalue weighted by molar-refractivity contribution is 0.0537. The van der Waals surface area contributed by atoms with E-state index < -0.39 is 0 Å². The number of piperidine rings is 1. The van der Waals surface area contributed by atoms with E-state index in [1.54, 1.807) is 0 Å². The van der Waals surface area contributed by atoms with Crippen molar-refractivity contribution in [1.29, 1.82) is 0 Å². The van der Waals surface area contributed by atoms with E-state index in [1.165, 1.54) is 56.5 Å². The van der Waals surface area contributed by atoms with Crippen LogP contribution in [-0.4, -0.2) is 29.5 Å². The zero-order valence-electron chi connectivity index (χ0n) is 11.9. The van der Waals surface area contributed by atoms with Crippen LogP contribution in [0.4, 0.5) is 5.69 Å². The number of fused-ring (bicyclic) bond motifs is 1. The van der Waals surface area contributed by atoms with Crippen molar-refractivity contribution in [1.82, 2.24) is 9.88 Å². The zero-order valence-corrected chi connectivity index (χ0v) is 11.9. The molecule has 1 saturated heterocycles. The molecule has 2 atom stereocenters. The summed E-state index contributed by atoms with van der Waals surface area (Å²) >= 11 is 0. The number of nitrogens with one attached hydrogen (secondary N) is 1. The Morgan fingerprint density at radius 1 is 1.26 bits per heavy atom. The SMILES string of the molecule is CNc1ccnc(CN2CCC[C@H]3CCCC[C@H]32)c1. The topological polar surface area (TPSA) is 28.2 Å². The minimum atomic E-state index is 0.822. The maximum Gasteiger partial charge on any atom is 0.0564 e. The van der Waals surface area contributed by atoms with Gasteiger partial charge in [0.1, 0.15) is 0 Å². The van der Waals surface area contributed by atoms with Crippen LogP contribution in [0.25, 0.3) is 0 Å². The Hall–Kier alpha value is -1.09. The molecule has 0 spiro atoms. The van der Waals surface area contributed by atoms with Gasteiger partial charge >= 0.3 is 0 Å². The minimum absolute atomic E-state index is 0.822. The van der Waals surface area contributed by atoms with Crippen LogP contribution in [0, 0.1) is 5.92 Å². The Bertz CT molecular complexity index is 416. The molecule has 1 aromatic heterocycles. The first kappa shape index (κ1) is 12.9. The third-order valence-electron chi connectivity index (χ3n) is 4.83. The molecule has 3 nitrogen and oxygen atoms in total. The molecule has 1 N–H and O–H groups in total. The second-order valence-corrected chi connectivity index (χ2v) is 6.01. The summed E-state index contributed by atoms with van der Waals surface area (Å²) in [5, 5.41) is 3.20. The van der Waals surface area contributed by atoms with E-state index in [0.29, 0.717) is 0 Å². The van der Waals surface area contributed by atoms with Crippen LogP contribution in [0.2, 0.25) is 0 Å². The van der Waals surface area contributed by atoms with Crippen LogP contribution in [0.15, 0.2) is 18.3 Å². The van der Waals surface area contributed by atoms with E-state index in [9.17, 15) is 0 Å². The Labute approximate surface area is 116 Å². The molecule has 2 aliphatic rings. The summed E-state index contributed by atoms with van der Waals surface area (Å²) in [7, 11) is 1.97. The number of aromatic nitrogens is 1. The summed E-state index contributed by atoms with van der Waals surface area (Å²) in [6, 6.07) is 5.04. The summed E-state index contributed by atoms with van der Waals surface area (Å²) in [4.78, 5) is 7.23. The Morgan fingerprint density at radius 2 is 2.11 bits per heavy atom. The van der Waals surface area contributed by atoms with Crippen molar-refractivity contribution >= 4 is 5.69 Å². The number of hydrogen-bond acceptors (Lipinski definition) is 3. The molecule has 104 valence electrons. The Kier molecular flexibility index (Phi) is 4.02. The molecule has 1 aliphatic heterocycles. The average molecular weight is 259 g/mol. The fourth-order valence-electron chi connectivity index (χ4n) is 3.85. The minimum Gasteiger partial charge on any atom is -0.388 e. The molecule has 0 radical (unpaired) electrons. The fraction of sp³-hybridized carbons (Fsp3) is 0.688. The van der Waals surface area contributed by atoms with Gasteiger partial charge in [-0.25, -0.2) is 0 Å². The van der Waals surface area contributed by atoms with Crippen LogP contribution in [0.3, 0.4) is 0 Å². The van der Waals surface area contributed by atoms with Gasteiger partial charge in [0.2, 0.25) is 0 Å². The van der Waals surface area contributed by atoms with Crippen molar-refractivity contribution in [2.24, 2.45) is 5.92 Å². The number of anilines is 1. The molecule has 2 heterocycles. The standard InChI is InChI=1S/C16H25N3/c1-17-14-8-9-18-15(11-14)12-19-10-4-6-13-5-2-3-7-16(13)19/h8-9,11,13,16H,2-7,10,12H2,1H3,(H,17,18)/t13-,16-/m1/s1. The van der Waals surface area contributed by atoms with Crippen LogP contribution in [0.5, 0.6) is 0 Å². The van der Waals surface area contributed by atoms with Crippen molar-refractivity contribution < 1.29 is 0 Å². The second kappa shape index (κ2) is 5.91. The smallest absolute Gasteiger partial charge is 0.0564 e. The normalized spacial score (nSPS) is 27.8. The van der Waals surface area contributed by atoms with Crippen LogP contribution in [0.1, 0.15) is 44.2 Å². The molecule has 3 heteroatoms. The van der Waals surface area contributed by atoms with Gasteiger partial charge in [-0.3, -0.25) is 9.88 Å². The predicted octanol–water partition coefficient (Wildman–Crippen LogP) is 3.28. The Balaban J connectivity index is 1.70. The first-order valence-electron chi connectivity index (χ1n) is 7.73. The first-order valence-corrected chi connectivity index (χ1v) is 7.73. The third-order valence-corrected chi connectivity index (χ3v) is 4.83. The monoisotopic (exact) mass is 259 g/mol. The van der Waals surface area contributed by atoms with Gasteiger partial charge in [-0.15, -0.1) is 0 Å². The number of pyridine rings is 1. The van der Waals surface area contributed by atoms with Crippen LogP contribution >= 0.6 is 0 Å². The highest BCUT2D eigenvalue weighted by atomic mass is 15.2. The molecule has 0 aromatic carbocycles. The molecule has 0 bridgehead atoms. The highest BCUT2D eigenvalue weighted by Gasteiger charge is 2.33. The van der Waals surface area contributed by atoms with Gasteiger partial charge in [0, 0.05) is 31.5 Å². The highest BCUT2D eigenvalue weighted by molar-refractivity contribution is 5.42. The van der Waals surface area contributed by atoms with Gasteiger partial charge in [0.05, 0.1) is 5.69 Å². The molecule has 3 rings (SSSR count). The van der Waals surface area contributed by atoms with Gasteiger partial charge in [-0.2, -0.15) is 0 Å². The number of nitrogens with zero attached hydrogens (tertiary/aromatic N) is 2. The molecule has 0 unspecified atom stereocenters. The van der Waals surface area contributed by atoms with Crippen LogP contribution < -0.4 is 5.32 Å². The number of likely N-dealkylation sites (tertiary alicyclic amines) is 1. The summed E-state index contributed by atoms with van der Waals surface area (Å²) in [5.74, 6) is 0.954. The summed E-state index contributed by atoms with van der Waals surface area (Å²) in [6.45, 7) is 2.28. The lowest BCUT2D eigenvalue weighted by Gasteiger charge is -2.44. The summed E-state index contributed by atoms with van der Waals surface area (Å²) in [6.07, 6.45) is 10.5. The van der Waals surface area contributed by atoms with E-state index in [2.05, 4.69) is 21.3 Å². The maximum absolute atomic E-state index is 4.54. The molecule has 0 amide bonds. The quantitative estimate of drug-likeness (QED) is 0.903. The maximum atomic E-state index is 4.54. The van der Waals surface area contributed by atoms with E-state index in [1.807, 2.05) is 19.3 Å². The molecular weight excluding hydrogens is 234 g/mol. The third kappa shape index (κ3) is 2.92. The van der Waals surface area contributed by atoms with Crippen molar-refractivity contribution in [2.75, 3.05) is 18.9 Å². The summed E-state index contributed by atoms with van der Waals surface area (Å²) in [5.41, 5.74) is 2.38. The first-order chi connectivity index (χ1) is 9.36. The zero-order chi connectivity index (χ0) is 13.1. The van der Waals surface area contributed by atoms with Gasteiger partial charge in [0.25, 0.3) is 0 Å². The lowest BCUT2D eigenvalue weighted by Crippen LogP contribution is -2.46. The predicted molar refractivity (Wildman–Crippen MR) is 79.2 cm³/mol. The molecule has 2 fully saturated rings. The van der Waals surface area contributed by atoms with Gasteiger partial charge in [0.15, 0.2) is 0 Å². The van der Waals surface area contributed by atoms with Gasteiger partial charge in [-0.1, -0.05) is 12.8 Å². The molecule has 1 aromatic rings. The van der Waals surface area contributed by atoms with Gasteiger partial charge < -0.3 is 5.32 Å². The molecule has 19 heavy (non-hydrogen) atoms.